The lowest BCUT2D eigenvalue weighted by molar-refractivity contribution is 0.0964. The minimum Gasteiger partial charge on any atom is -0.497 e. The maximum atomic E-state index is 12.3. The first-order valence-corrected chi connectivity index (χ1v) is 6.98. The van der Waals surface area contributed by atoms with Crippen molar-refractivity contribution < 1.29 is 13.9 Å². The maximum absolute atomic E-state index is 12.3. The van der Waals surface area contributed by atoms with Gasteiger partial charge in [0.25, 0.3) is 0 Å². The number of hydrogen-bond acceptors (Lipinski definition) is 5. The van der Waals surface area contributed by atoms with E-state index in [4.69, 9.17) is 9.15 Å². The van der Waals surface area contributed by atoms with Crippen LogP contribution >= 0.6 is 0 Å². The minimum atomic E-state index is -0.667. The fraction of sp³-hybridized carbons (Fsp3) is 0.118. The Bertz CT molecular complexity index is 881. The second kappa shape index (κ2) is 6.31. The third kappa shape index (κ3) is 3.21. The highest BCUT2D eigenvalue weighted by atomic mass is 16.5. The number of carbonyl (C=O) groups excluding carboxylic acids is 1. The minimum absolute atomic E-state index is 0.189. The molecule has 116 valence electrons. The first-order chi connectivity index (χ1) is 11.2. The van der Waals surface area contributed by atoms with Gasteiger partial charge in [-0.1, -0.05) is 30.3 Å². The average molecular weight is 310 g/mol. The molecule has 0 aliphatic heterocycles. The summed E-state index contributed by atoms with van der Waals surface area (Å²) in [6, 6.07) is 15.8. The largest absolute Gasteiger partial charge is 0.497 e. The van der Waals surface area contributed by atoms with Crippen LogP contribution in [0.25, 0.3) is 11.5 Å². The molecule has 6 nitrogen and oxygen atoms in total. The molecule has 0 fully saturated rings. The topological polar surface area (TPSA) is 74.3 Å². The zero-order valence-electron chi connectivity index (χ0n) is 12.4. The van der Waals surface area contributed by atoms with Crippen molar-refractivity contribution in [1.29, 1.82) is 0 Å². The summed E-state index contributed by atoms with van der Waals surface area (Å²) in [6.45, 7) is -0.192. The van der Waals surface area contributed by atoms with E-state index in [9.17, 15) is 9.59 Å². The lowest BCUT2D eigenvalue weighted by atomic mass is 10.1. The molecule has 0 saturated heterocycles. The van der Waals surface area contributed by atoms with Crippen LogP contribution in [0.4, 0.5) is 0 Å². The molecule has 1 heterocycles. The van der Waals surface area contributed by atoms with Gasteiger partial charge in [-0.25, -0.2) is 4.79 Å². The summed E-state index contributed by atoms with van der Waals surface area (Å²) in [6.07, 6.45) is 0. The Hall–Kier alpha value is -3.15. The van der Waals surface area contributed by atoms with Gasteiger partial charge in [0, 0.05) is 11.1 Å². The number of hydrogen-bond donors (Lipinski definition) is 0. The van der Waals surface area contributed by atoms with Crippen LogP contribution in [-0.4, -0.2) is 22.7 Å². The van der Waals surface area contributed by atoms with Crippen LogP contribution in [0, 0.1) is 0 Å². The molecular formula is C17H14N2O4. The molecule has 2 aromatic carbocycles. The first kappa shape index (κ1) is 14.8. The lowest BCUT2D eigenvalue weighted by Gasteiger charge is -2.03. The molecule has 0 aliphatic rings. The number of benzene rings is 2. The highest BCUT2D eigenvalue weighted by Crippen LogP contribution is 2.15. The Labute approximate surface area is 131 Å². The van der Waals surface area contributed by atoms with E-state index in [1.807, 2.05) is 18.2 Å². The molecule has 0 bridgehead atoms. The Balaban J connectivity index is 1.84. The van der Waals surface area contributed by atoms with Gasteiger partial charge in [0.2, 0.25) is 5.89 Å². The molecule has 0 N–H and O–H groups in total. The fourth-order valence-electron chi connectivity index (χ4n) is 2.13. The normalized spacial score (nSPS) is 10.5. The predicted octanol–water partition coefficient (Wildman–Crippen LogP) is 2.39. The van der Waals surface area contributed by atoms with Crippen molar-refractivity contribution in [3.63, 3.8) is 0 Å². The van der Waals surface area contributed by atoms with E-state index in [2.05, 4.69) is 5.10 Å². The second-order valence-corrected chi connectivity index (χ2v) is 4.85. The molecule has 1 aromatic heterocycles. The average Bonchev–Trinajstić information content (AvgIpc) is 2.96. The van der Waals surface area contributed by atoms with Gasteiger partial charge in [-0.15, -0.1) is 5.10 Å². The van der Waals surface area contributed by atoms with Gasteiger partial charge >= 0.3 is 5.76 Å². The molecular weight excluding hydrogens is 296 g/mol. The predicted molar refractivity (Wildman–Crippen MR) is 83.5 cm³/mol. The second-order valence-electron chi connectivity index (χ2n) is 4.85. The Morgan fingerprint density at radius 2 is 1.96 bits per heavy atom. The lowest BCUT2D eigenvalue weighted by Crippen LogP contribution is -2.21. The van der Waals surface area contributed by atoms with Crippen LogP contribution in [0.1, 0.15) is 10.4 Å². The van der Waals surface area contributed by atoms with Crippen molar-refractivity contribution in [3.05, 3.63) is 70.7 Å². The van der Waals surface area contributed by atoms with Crippen molar-refractivity contribution in [2.45, 2.75) is 6.54 Å². The van der Waals surface area contributed by atoms with E-state index in [0.717, 1.165) is 4.68 Å². The smallest absolute Gasteiger partial charge is 0.437 e. The molecule has 3 rings (SSSR count). The molecule has 3 aromatic rings. The number of ketones is 1. The standard InChI is InChI=1S/C17H14N2O4/c1-22-14-9-5-8-13(10-14)15(20)11-19-17(21)23-16(18-19)12-6-3-2-4-7-12/h2-10H,11H2,1H3. The van der Waals surface area contributed by atoms with Gasteiger partial charge in [-0.05, 0) is 24.3 Å². The Morgan fingerprint density at radius 1 is 1.17 bits per heavy atom. The van der Waals surface area contributed by atoms with E-state index < -0.39 is 5.76 Å². The van der Waals surface area contributed by atoms with E-state index in [1.165, 1.54) is 7.11 Å². The summed E-state index contributed by atoms with van der Waals surface area (Å²) < 4.78 is 11.2. The summed E-state index contributed by atoms with van der Waals surface area (Å²) in [5.74, 6) is -0.152. The van der Waals surface area contributed by atoms with Gasteiger partial charge in [0.05, 0.1) is 7.11 Å². The molecule has 6 heteroatoms. The highest BCUT2D eigenvalue weighted by molar-refractivity contribution is 5.96. The van der Waals surface area contributed by atoms with Gasteiger partial charge in [0.15, 0.2) is 5.78 Å². The number of carbonyl (C=O) groups is 1. The molecule has 0 atom stereocenters. The monoisotopic (exact) mass is 310 g/mol. The highest BCUT2D eigenvalue weighted by Gasteiger charge is 2.14. The Kier molecular flexibility index (Phi) is 4.05. The van der Waals surface area contributed by atoms with Gasteiger partial charge in [-0.2, -0.15) is 4.68 Å². The van der Waals surface area contributed by atoms with Crippen LogP contribution in [0.15, 0.2) is 63.8 Å². The van der Waals surface area contributed by atoms with Gasteiger partial charge in [0.1, 0.15) is 12.3 Å². The molecule has 0 spiro atoms. The summed E-state index contributed by atoms with van der Waals surface area (Å²) in [4.78, 5) is 24.1. The van der Waals surface area contributed by atoms with Crippen LogP contribution in [-0.2, 0) is 6.54 Å². The van der Waals surface area contributed by atoms with Crippen molar-refractivity contribution >= 4 is 5.78 Å². The van der Waals surface area contributed by atoms with Crippen LogP contribution in [0.5, 0.6) is 5.75 Å². The Morgan fingerprint density at radius 3 is 2.70 bits per heavy atom. The van der Waals surface area contributed by atoms with Crippen molar-refractivity contribution in [2.24, 2.45) is 0 Å². The first-order valence-electron chi connectivity index (χ1n) is 6.98. The number of rotatable bonds is 5. The number of nitrogens with zero attached hydrogens (tertiary/aromatic N) is 2. The van der Waals surface area contributed by atoms with Gasteiger partial charge < -0.3 is 9.15 Å². The summed E-state index contributed by atoms with van der Waals surface area (Å²) >= 11 is 0. The third-order valence-corrected chi connectivity index (χ3v) is 3.31. The van der Waals surface area contributed by atoms with Crippen LogP contribution in [0.2, 0.25) is 0 Å². The molecule has 0 amide bonds. The quantitative estimate of drug-likeness (QED) is 0.676. The van der Waals surface area contributed by atoms with E-state index in [-0.39, 0.29) is 18.2 Å². The summed E-state index contributed by atoms with van der Waals surface area (Å²) in [5, 5.41) is 4.07. The van der Waals surface area contributed by atoms with E-state index in [1.54, 1.807) is 36.4 Å². The zero-order chi connectivity index (χ0) is 16.2. The number of Topliss-reactive ketones (excluding diaryl/α,β-unsaturated/α-hetero) is 1. The van der Waals surface area contributed by atoms with Crippen LogP contribution < -0.4 is 10.5 Å². The molecule has 0 aliphatic carbocycles. The van der Waals surface area contributed by atoms with E-state index >= 15 is 0 Å². The third-order valence-electron chi connectivity index (χ3n) is 3.31. The van der Waals surface area contributed by atoms with Crippen molar-refractivity contribution in [3.8, 4) is 17.2 Å². The van der Waals surface area contributed by atoms with Gasteiger partial charge in [-0.3, -0.25) is 4.79 Å². The molecule has 0 radical (unpaired) electrons. The number of methoxy groups -OCH3 is 1. The maximum Gasteiger partial charge on any atom is 0.437 e. The van der Waals surface area contributed by atoms with Crippen molar-refractivity contribution in [1.82, 2.24) is 9.78 Å². The SMILES string of the molecule is COc1cccc(C(=O)Cn2nc(-c3ccccc3)oc2=O)c1. The van der Waals surface area contributed by atoms with Crippen LogP contribution in [0.3, 0.4) is 0 Å². The van der Waals surface area contributed by atoms with E-state index in [0.29, 0.717) is 16.9 Å². The summed E-state index contributed by atoms with van der Waals surface area (Å²) in [7, 11) is 1.53. The zero-order valence-corrected chi connectivity index (χ0v) is 12.4. The molecule has 0 unspecified atom stereocenters. The van der Waals surface area contributed by atoms with Crippen molar-refractivity contribution in [2.75, 3.05) is 7.11 Å². The number of ether oxygens (including phenoxy) is 1. The number of aromatic nitrogens is 2. The summed E-state index contributed by atoms with van der Waals surface area (Å²) in [5.41, 5.74) is 1.12. The fourth-order valence-corrected chi connectivity index (χ4v) is 2.13. The molecule has 23 heavy (non-hydrogen) atoms. The molecule has 0 saturated carbocycles.